The molecule has 0 aromatic heterocycles. The summed E-state index contributed by atoms with van der Waals surface area (Å²) in [5.41, 5.74) is 0.333. The summed E-state index contributed by atoms with van der Waals surface area (Å²) in [4.78, 5) is 0. The van der Waals surface area contributed by atoms with E-state index in [1.54, 1.807) is 0 Å². The number of rotatable bonds is 2. The van der Waals surface area contributed by atoms with Gasteiger partial charge in [0.1, 0.15) is 0 Å². The second-order valence-electron chi connectivity index (χ2n) is 6.43. The van der Waals surface area contributed by atoms with Crippen LogP contribution in [0.1, 0.15) is 48.0 Å². The Balaban J connectivity index is 3.05. The van der Waals surface area contributed by atoms with Crippen molar-refractivity contribution in [1.82, 2.24) is 5.32 Å². The van der Waals surface area contributed by atoms with Gasteiger partial charge in [-0.15, -0.1) is 0 Å². The van der Waals surface area contributed by atoms with Gasteiger partial charge in [-0.2, -0.15) is 0 Å². The van der Waals surface area contributed by atoms with Crippen molar-refractivity contribution < 1.29 is 4.74 Å². The van der Waals surface area contributed by atoms with Crippen LogP contribution >= 0.6 is 0 Å². The summed E-state index contributed by atoms with van der Waals surface area (Å²) in [7, 11) is 0. The Kier molecular flexibility index (Phi) is 4.42. The van der Waals surface area contributed by atoms with Crippen LogP contribution in [-0.2, 0) is 4.74 Å². The quantitative estimate of drug-likeness (QED) is 0.783. The van der Waals surface area contributed by atoms with E-state index in [0.29, 0.717) is 11.8 Å². The molecular weight excluding hydrogens is 198 g/mol. The zero-order valence-electron chi connectivity index (χ0n) is 11.9. The van der Waals surface area contributed by atoms with Crippen LogP contribution in [0.2, 0.25) is 0 Å². The van der Waals surface area contributed by atoms with Crippen LogP contribution in [0.25, 0.3) is 0 Å². The first kappa shape index (κ1) is 14.0. The van der Waals surface area contributed by atoms with Gasteiger partial charge in [-0.3, -0.25) is 0 Å². The summed E-state index contributed by atoms with van der Waals surface area (Å²) in [6, 6.07) is 0. The SMILES string of the molecule is CCC1(C(C)C)OCCNCC1C(C)(C)C. The minimum atomic E-state index is 0.0434. The molecule has 0 aliphatic carbocycles. The van der Waals surface area contributed by atoms with Crippen LogP contribution < -0.4 is 5.32 Å². The fourth-order valence-corrected chi connectivity index (χ4v) is 3.20. The first-order valence-corrected chi connectivity index (χ1v) is 6.69. The normalized spacial score (nSPS) is 32.8. The number of hydrogen-bond donors (Lipinski definition) is 1. The summed E-state index contributed by atoms with van der Waals surface area (Å²) >= 11 is 0. The van der Waals surface area contributed by atoms with Gasteiger partial charge in [-0.1, -0.05) is 41.5 Å². The van der Waals surface area contributed by atoms with Crippen LogP contribution in [0.5, 0.6) is 0 Å². The molecule has 96 valence electrons. The number of hydrogen-bond acceptors (Lipinski definition) is 2. The molecule has 1 fully saturated rings. The molecule has 1 aliphatic rings. The predicted octanol–water partition coefficient (Wildman–Crippen LogP) is 3.07. The van der Waals surface area contributed by atoms with E-state index in [4.69, 9.17) is 4.74 Å². The molecule has 2 unspecified atom stereocenters. The van der Waals surface area contributed by atoms with E-state index >= 15 is 0 Å². The summed E-state index contributed by atoms with van der Waals surface area (Å²) in [5, 5.41) is 3.52. The fourth-order valence-electron chi connectivity index (χ4n) is 3.20. The molecule has 0 aromatic carbocycles. The van der Waals surface area contributed by atoms with Gasteiger partial charge in [0, 0.05) is 19.0 Å². The maximum Gasteiger partial charge on any atom is 0.0748 e. The minimum absolute atomic E-state index is 0.0434. The van der Waals surface area contributed by atoms with E-state index in [9.17, 15) is 0 Å². The highest BCUT2D eigenvalue weighted by atomic mass is 16.5. The third kappa shape index (κ3) is 2.60. The van der Waals surface area contributed by atoms with Crippen molar-refractivity contribution in [3.8, 4) is 0 Å². The van der Waals surface area contributed by atoms with Crippen LogP contribution in [0, 0.1) is 17.3 Å². The molecule has 0 aromatic rings. The van der Waals surface area contributed by atoms with Gasteiger partial charge in [0.05, 0.1) is 12.2 Å². The second-order valence-corrected chi connectivity index (χ2v) is 6.43. The van der Waals surface area contributed by atoms with E-state index < -0.39 is 0 Å². The molecule has 1 aliphatic heterocycles. The lowest BCUT2D eigenvalue weighted by Crippen LogP contribution is -2.52. The Labute approximate surface area is 101 Å². The summed E-state index contributed by atoms with van der Waals surface area (Å²) < 4.78 is 6.28. The Hall–Kier alpha value is -0.0800. The maximum atomic E-state index is 6.28. The lowest BCUT2D eigenvalue weighted by Gasteiger charge is -2.48. The second kappa shape index (κ2) is 5.05. The van der Waals surface area contributed by atoms with Gasteiger partial charge >= 0.3 is 0 Å². The van der Waals surface area contributed by atoms with E-state index in [2.05, 4.69) is 46.9 Å². The molecule has 1 heterocycles. The van der Waals surface area contributed by atoms with Gasteiger partial charge in [0.25, 0.3) is 0 Å². The van der Waals surface area contributed by atoms with Crippen molar-refractivity contribution in [3.63, 3.8) is 0 Å². The van der Waals surface area contributed by atoms with E-state index in [1.807, 2.05) is 0 Å². The van der Waals surface area contributed by atoms with Crippen molar-refractivity contribution >= 4 is 0 Å². The first-order chi connectivity index (χ1) is 7.34. The maximum absolute atomic E-state index is 6.28. The lowest BCUT2D eigenvalue weighted by molar-refractivity contribution is -0.133. The van der Waals surface area contributed by atoms with Crippen LogP contribution in [-0.4, -0.2) is 25.3 Å². The standard InChI is InChI=1S/C14H29NO/c1-7-14(11(2)3)12(13(4,5)6)10-15-8-9-16-14/h11-12,15H,7-10H2,1-6H3. The third-order valence-electron chi connectivity index (χ3n) is 4.16. The molecule has 1 saturated heterocycles. The van der Waals surface area contributed by atoms with Crippen molar-refractivity contribution in [3.05, 3.63) is 0 Å². The van der Waals surface area contributed by atoms with Gasteiger partial charge in [0.15, 0.2) is 0 Å². The third-order valence-corrected chi connectivity index (χ3v) is 4.16. The largest absolute Gasteiger partial charge is 0.373 e. The van der Waals surface area contributed by atoms with Gasteiger partial charge in [0.2, 0.25) is 0 Å². The van der Waals surface area contributed by atoms with Crippen molar-refractivity contribution in [2.45, 2.75) is 53.6 Å². The Morgan fingerprint density at radius 1 is 1.38 bits per heavy atom. The monoisotopic (exact) mass is 227 g/mol. The minimum Gasteiger partial charge on any atom is -0.373 e. The Morgan fingerprint density at radius 3 is 2.44 bits per heavy atom. The molecule has 0 bridgehead atoms. The lowest BCUT2D eigenvalue weighted by atomic mass is 9.65. The van der Waals surface area contributed by atoms with Crippen molar-refractivity contribution in [2.75, 3.05) is 19.7 Å². The highest BCUT2D eigenvalue weighted by molar-refractivity contribution is 4.97. The molecular formula is C14H29NO. The molecule has 1 rings (SSSR count). The van der Waals surface area contributed by atoms with E-state index in [0.717, 1.165) is 26.1 Å². The topological polar surface area (TPSA) is 21.3 Å². The van der Waals surface area contributed by atoms with Crippen molar-refractivity contribution in [2.24, 2.45) is 17.3 Å². The first-order valence-electron chi connectivity index (χ1n) is 6.69. The summed E-state index contributed by atoms with van der Waals surface area (Å²) in [5.74, 6) is 1.15. The van der Waals surface area contributed by atoms with Crippen LogP contribution in [0.15, 0.2) is 0 Å². The van der Waals surface area contributed by atoms with Gasteiger partial charge in [-0.05, 0) is 17.8 Å². The predicted molar refractivity (Wildman–Crippen MR) is 69.6 cm³/mol. The molecule has 0 spiro atoms. The van der Waals surface area contributed by atoms with Crippen LogP contribution in [0.3, 0.4) is 0 Å². The average Bonchev–Trinajstić information content (AvgIpc) is 2.38. The molecule has 0 radical (unpaired) electrons. The number of nitrogens with one attached hydrogen (secondary N) is 1. The van der Waals surface area contributed by atoms with Crippen molar-refractivity contribution in [1.29, 1.82) is 0 Å². The van der Waals surface area contributed by atoms with Gasteiger partial charge < -0.3 is 10.1 Å². The Morgan fingerprint density at radius 2 is 2.00 bits per heavy atom. The van der Waals surface area contributed by atoms with Crippen LogP contribution in [0.4, 0.5) is 0 Å². The molecule has 0 saturated carbocycles. The smallest absolute Gasteiger partial charge is 0.0748 e. The molecule has 2 nitrogen and oxygen atoms in total. The average molecular weight is 227 g/mol. The summed E-state index contributed by atoms with van der Waals surface area (Å²) in [6.45, 7) is 16.8. The molecule has 1 N–H and O–H groups in total. The molecule has 2 atom stereocenters. The highest BCUT2D eigenvalue weighted by Gasteiger charge is 2.47. The highest BCUT2D eigenvalue weighted by Crippen LogP contribution is 2.43. The zero-order chi connectivity index (χ0) is 12.4. The van der Waals surface area contributed by atoms with E-state index in [1.165, 1.54) is 0 Å². The van der Waals surface area contributed by atoms with E-state index in [-0.39, 0.29) is 11.0 Å². The molecule has 2 heteroatoms. The molecule has 0 amide bonds. The zero-order valence-corrected chi connectivity index (χ0v) is 11.9. The fraction of sp³-hybridized carbons (Fsp3) is 1.00. The summed E-state index contributed by atoms with van der Waals surface area (Å²) in [6.07, 6.45) is 1.11. The van der Waals surface area contributed by atoms with Gasteiger partial charge in [-0.25, -0.2) is 0 Å². The number of ether oxygens (including phenoxy) is 1. The Bertz CT molecular complexity index is 219. The molecule has 16 heavy (non-hydrogen) atoms.